The molecule has 4 nitrogen and oxygen atoms in total. The van der Waals surface area contributed by atoms with Crippen molar-refractivity contribution >= 4 is 5.97 Å². The highest BCUT2D eigenvalue weighted by molar-refractivity contribution is 5.69. The molecule has 168 valence electrons. The van der Waals surface area contributed by atoms with E-state index in [2.05, 4.69) is 6.58 Å². The van der Waals surface area contributed by atoms with Crippen LogP contribution in [0.25, 0.3) is 11.1 Å². The first-order valence-electron chi connectivity index (χ1n) is 10.2. The van der Waals surface area contributed by atoms with Crippen LogP contribution in [0.15, 0.2) is 61.2 Å². The van der Waals surface area contributed by atoms with Crippen LogP contribution in [0, 0.1) is 0 Å². The maximum atomic E-state index is 13.3. The van der Waals surface area contributed by atoms with E-state index < -0.39 is 17.8 Å². The Kier molecular flexibility index (Phi) is 9.27. The summed E-state index contributed by atoms with van der Waals surface area (Å²) in [7, 11) is 0. The van der Waals surface area contributed by atoms with Crippen LogP contribution in [-0.4, -0.2) is 41.8 Å². The summed E-state index contributed by atoms with van der Waals surface area (Å²) < 4.78 is 44.9. The molecule has 0 aliphatic carbocycles. The van der Waals surface area contributed by atoms with Gasteiger partial charge in [-0.2, -0.15) is 13.2 Å². The molecule has 1 atom stereocenters. The Bertz CT molecular complexity index is 850. The van der Waals surface area contributed by atoms with E-state index in [1.807, 2.05) is 11.8 Å². The fraction of sp³-hybridized carbons (Fsp3) is 0.375. The summed E-state index contributed by atoms with van der Waals surface area (Å²) in [5.74, 6) is -0.341. The molecule has 31 heavy (non-hydrogen) atoms. The standard InChI is InChI=1S/C24H28F3NO3/c1-3-7-23(30)31-17-20(29)16-28(14-4-2)15-18-10-12-19(13-11-18)21-8-5-6-9-22(21)24(25,26)27/h4-6,8-13,20,29H,2-3,7,14-17H2,1H3/t20-/m1/s1. The molecule has 0 saturated carbocycles. The predicted octanol–water partition coefficient (Wildman–Crippen LogP) is 5.06. The summed E-state index contributed by atoms with van der Waals surface area (Å²) >= 11 is 0. The van der Waals surface area contributed by atoms with Gasteiger partial charge < -0.3 is 9.84 Å². The van der Waals surface area contributed by atoms with Crippen LogP contribution in [0.3, 0.4) is 0 Å². The number of alkyl halides is 3. The molecule has 0 aliphatic rings. The zero-order valence-electron chi connectivity index (χ0n) is 17.6. The van der Waals surface area contributed by atoms with E-state index in [0.29, 0.717) is 31.5 Å². The summed E-state index contributed by atoms with van der Waals surface area (Å²) in [5.41, 5.74) is 0.825. The maximum absolute atomic E-state index is 13.3. The average Bonchev–Trinajstić information content (AvgIpc) is 2.73. The monoisotopic (exact) mass is 435 g/mol. The Morgan fingerprint density at radius 1 is 1.19 bits per heavy atom. The Morgan fingerprint density at radius 2 is 1.87 bits per heavy atom. The lowest BCUT2D eigenvalue weighted by molar-refractivity contribution is -0.147. The number of carbonyl (C=O) groups excluding carboxylic acids is 1. The van der Waals surface area contributed by atoms with E-state index in [0.717, 1.165) is 11.6 Å². The Labute approximate surface area is 181 Å². The first kappa shape index (κ1) is 24.6. The van der Waals surface area contributed by atoms with Crippen LogP contribution < -0.4 is 0 Å². The third-order valence-electron chi connectivity index (χ3n) is 4.65. The molecule has 2 aromatic carbocycles. The number of ether oxygens (including phenoxy) is 1. The van der Waals surface area contributed by atoms with Crippen molar-refractivity contribution in [2.24, 2.45) is 0 Å². The van der Waals surface area contributed by atoms with Gasteiger partial charge >= 0.3 is 12.1 Å². The normalized spacial score (nSPS) is 12.6. The molecule has 0 heterocycles. The van der Waals surface area contributed by atoms with Gasteiger partial charge in [0.15, 0.2) is 0 Å². The van der Waals surface area contributed by atoms with Gasteiger partial charge in [-0.3, -0.25) is 9.69 Å². The highest BCUT2D eigenvalue weighted by atomic mass is 19.4. The smallest absolute Gasteiger partial charge is 0.417 e. The molecule has 0 unspecified atom stereocenters. The van der Waals surface area contributed by atoms with Crippen LogP contribution in [0.5, 0.6) is 0 Å². The summed E-state index contributed by atoms with van der Waals surface area (Å²) in [4.78, 5) is 13.4. The number of nitrogens with zero attached hydrogens (tertiary/aromatic N) is 1. The van der Waals surface area contributed by atoms with Crippen LogP contribution in [-0.2, 0) is 22.3 Å². The van der Waals surface area contributed by atoms with Crippen molar-refractivity contribution in [1.82, 2.24) is 4.90 Å². The fourth-order valence-electron chi connectivity index (χ4n) is 3.23. The largest absolute Gasteiger partial charge is 0.463 e. The molecule has 0 fully saturated rings. The first-order valence-corrected chi connectivity index (χ1v) is 10.2. The summed E-state index contributed by atoms with van der Waals surface area (Å²) in [5, 5.41) is 10.2. The highest BCUT2D eigenvalue weighted by Gasteiger charge is 2.33. The first-order chi connectivity index (χ1) is 14.7. The van der Waals surface area contributed by atoms with Gasteiger partial charge in [-0.05, 0) is 29.2 Å². The number of carbonyl (C=O) groups is 1. The summed E-state index contributed by atoms with van der Waals surface area (Å²) in [6.45, 7) is 6.74. The number of hydrogen-bond acceptors (Lipinski definition) is 4. The molecule has 0 spiro atoms. The van der Waals surface area contributed by atoms with Gasteiger partial charge in [0.1, 0.15) is 12.7 Å². The lowest BCUT2D eigenvalue weighted by Gasteiger charge is -2.24. The number of aliphatic hydroxyl groups is 1. The van der Waals surface area contributed by atoms with Crippen molar-refractivity contribution in [3.05, 3.63) is 72.3 Å². The van der Waals surface area contributed by atoms with Crippen LogP contribution >= 0.6 is 0 Å². The minimum atomic E-state index is -4.42. The molecule has 2 aromatic rings. The quantitative estimate of drug-likeness (QED) is 0.396. The number of rotatable bonds is 11. The number of hydrogen-bond donors (Lipinski definition) is 1. The fourth-order valence-corrected chi connectivity index (χ4v) is 3.23. The van der Waals surface area contributed by atoms with Crippen molar-refractivity contribution in [1.29, 1.82) is 0 Å². The predicted molar refractivity (Wildman–Crippen MR) is 114 cm³/mol. The van der Waals surface area contributed by atoms with E-state index in [1.165, 1.54) is 12.1 Å². The molecule has 0 saturated heterocycles. The van der Waals surface area contributed by atoms with Crippen molar-refractivity contribution in [3.8, 4) is 11.1 Å². The van der Waals surface area contributed by atoms with Crippen LogP contribution in [0.2, 0.25) is 0 Å². The minimum absolute atomic E-state index is 0.0837. The molecule has 0 amide bonds. The third kappa shape index (κ3) is 7.84. The Balaban J connectivity index is 2.04. The molecule has 7 heteroatoms. The van der Waals surface area contributed by atoms with E-state index in [9.17, 15) is 23.1 Å². The number of halogens is 3. The van der Waals surface area contributed by atoms with Gasteiger partial charge in [0.2, 0.25) is 0 Å². The Morgan fingerprint density at radius 3 is 2.48 bits per heavy atom. The number of aliphatic hydroxyl groups excluding tert-OH is 1. The van der Waals surface area contributed by atoms with Gasteiger partial charge in [-0.25, -0.2) is 0 Å². The van der Waals surface area contributed by atoms with Crippen molar-refractivity contribution in [2.75, 3.05) is 19.7 Å². The number of benzene rings is 2. The van der Waals surface area contributed by atoms with Crippen molar-refractivity contribution in [2.45, 2.75) is 38.6 Å². The van der Waals surface area contributed by atoms with E-state index in [4.69, 9.17) is 4.74 Å². The van der Waals surface area contributed by atoms with Gasteiger partial charge in [0.25, 0.3) is 0 Å². The molecule has 0 bridgehead atoms. The SMILES string of the molecule is C=CCN(Cc1ccc(-c2ccccc2C(F)(F)F)cc1)C[C@@H](O)COC(=O)CCC. The van der Waals surface area contributed by atoms with Gasteiger partial charge in [-0.15, -0.1) is 6.58 Å². The second kappa shape index (κ2) is 11.7. The summed E-state index contributed by atoms with van der Waals surface area (Å²) in [6.07, 6.45) is -2.58. The van der Waals surface area contributed by atoms with Gasteiger partial charge in [-0.1, -0.05) is 55.5 Å². The molecule has 1 N–H and O–H groups in total. The second-order valence-corrected chi connectivity index (χ2v) is 7.31. The maximum Gasteiger partial charge on any atom is 0.417 e. The molecule has 0 aliphatic heterocycles. The topological polar surface area (TPSA) is 49.8 Å². The van der Waals surface area contributed by atoms with E-state index in [-0.39, 0.29) is 24.7 Å². The minimum Gasteiger partial charge on any atom is -0.463 e. The van der Waals surface area contributed by atoms with E-state index in [1.54, 1.807) is 36.4 Å². The van der Waals surface area contributed by atoms with Crippen molar-refractivity contribution < 1.29 is 27.8 Å². The molecular formula is C24H28F3NO3. The third-order valence-corrected chi connectivity index (χ3v) is 4.65. The molecule has 2 rings (SSSR count). The molecule has 0 radical (unpaired) electrons. The highest BCUT2D eigenvalue weighted by Crippen LogP contribution is 2.36. The van der Waals surface area contributed by atoms with Crippen molar-refractivity contribution in [3.63, 3.8) is 0 Å². The zero-order chi connectivity index (χ0) is 22.9. The van der Waals surface area contributed by atoms with Gasteiger partial charge in [0, 0.05) is 26.1 Å². The summed E-state index contributed by atoms with van der Waals surface area (Å²) in [6, 6.07) is 12.3. The number of esters is 1. The Hall–Kier alpha value is -2.64. The molecule has 0 aromatic heterocycles. The van der Waals surface area contributed by atoms with Gasteiger partial charge in [0.05, 0.1) is 5.56 Å². The zero-order valence-corrected chi connectivity index (χ0v) is 17.6. The average molecular weight is 435 g/mol. The lowest BCUT2D eigenvalue weighted by Crippen LogP contribution is -2.35. The van der Waals surface area contributed by atoms with Crippen LogP contribution in [0.4, 0.5) is 13.2 Å². The lowest BCUT2D eigenvalue weighted by atomic mass is 9.98. The van der Waals surface area contributed by atoms with E-state index >= 15 is 0 Å². The van der Waals surface area contributed by atoms with Crippen LogP contribution in [0.1, 0.15) is 30.9 Å². The molecular weight excluding hydrogens is 407 g/mol. The second-order valence-electron chi connectivity index (χ2n) is 7.31.